The fourth-order valence-electron chi connectivity index (χ4n) is 2.14. The molecule has 0 aliphatic heterocycles. The van der Waals surface area contributed by atoms with Crippen LogP contribution in [0.15, 0.2) is 30.3 Å². The Morgan fingerprint density at radius 2 is 1.80 bits per heavy atom. The average molecular weight is 291 g/mol. The van der Waals surface area contributed by atoms with Crippen molar-refractivity contribution >= 4 is 11.6 Å². The average Bonchev–Trinajstić information content (AvgIpc) is 2.35. The second-order valence-electron chi connectivity index (χ2n) is 5.17. The maximum Gasteiger partial charge on any atom is 0.130 e. The van der Waals surface area contributed by atoms with Gasteiger partial charge in [-0.2, -0.15) is 0 Å². The number of rotatable bonds is 3. The lowest BCUT2D eigenvalue weighted by Crippen LogP contribution is -1.95. The normalized spacial score (nSPS) is 12.3. The van der Waals surface area contributed by atoms with Gasteiger partial charge >= 0.3 is 0 Å². The zero-order chi connectivity index (χ0) is 14.9. The van der Waals surface area contributed by atoms with Crippen LogP contribution in [0.2, 0.25) is 5.02 Å². The quantitative estimate of drug-likeness (QED) is 0.851. The van der Waals surface area contributed by atoms with Gasteiger partial charge in [0.05, 0.1) is 11.1 Å². The third-order valence-electron chi connectivity index (χ3n) is 3.41. The van der Waals surface area contributed by atoms with Crippen molar-refractivity contribution in [2.45, 2.75) is 33.8 Å². The Morgan fingerprint density at radius 1 is 1.10 bits per heavy atom. The summed E-state index contributed by atoms with van der Waals surface area (Å²) in [6, 6.07) is 9.50. The molecule has 0 fully saturated rings. The van der Waals surface area contributed by atoms with Crippen molar-refractivity contribution in [3.63, 3.8) is 0 Å². The molecule has 3 heteroatoms. The van der Waals surface area contributed by atoms with Crippen LogP contribution in [0.4, 0.5) is 0 Å². The fraction of sp³-hybridized carbons (Fsp3) is 0.294. The summed E-state index contributed by atoms with van der Waals surface area (Å²) < 4.78 is 5.92. The van der Waals surface area contributed by atoms with Crippen LogP contribution < -0.4 is 4.74 Å². The van der Waals surface area contributed by atoms with E-state index in [2.05, 4.69) is 13.0 Å². The number of aryl methyl sites for hydroxylation is 2. The molecule has 0 heterocycles. The molecule has 106 valence electrons. The van der Waals surface area contributed by atoms with Gasteiger partial charge in [0.25, 0.3) is 0 Å². The van der Waals surface area contributed by atoms with Gasteiger partial charge in [-0.3, -0.25) is 0 Å². The fourth-order valence-corrected chi connectivity index (χ4v) is 2.47. The molecule has 0 spiro atoms. The number of hydrogen-bond acceptors (Lipinski definition) is 2. The molecular formula is C17H19ClO2. The Balaban J connectivity index is 2.33. The highest BCUT2D eigenvalue weighted by molar-refractivity contribution is 6.31. The molecule has 20 heavy (non-hydrogen) atoms. The summed E-state index contributed by atoms with van der Waals surface area (Å²) in [5.74, 6) is 1.51. The predicted molar refractivity (Wildman–Crippen MR) is 82.8 cm³/mol. The number of aliphatic hydroxyl groups excluding tert-OH is 1. The zero-order valence-corrected chi connectivity index (χ0v) is 13.0. The summed E-state index contributed by atoms with van der Waals surface area (Å²) >= 11 is 6.15. The smallest absolute Gasteiger partial charge is 0.130 e. The van der Waals surface area contributed by atoms with Gasteiger partial charge in [0.15, 0.2) is 0 Å². The van der Waals surface area contributed by atoms with Crippen molar-refractivity contribution in [3.05, 3.63) is 57.6 Å². The Kier molecular flexibility index (Phi) is 4.36. The van der Waals surface area contributed by atoms with Crippen LogP contribution in [0, 0.1) is 20.8 Å². The molecule has 0 aromatic heterocycles. The van der Waals surface area contributed by atoms with Gasteiger partial charge in [-0.05, 0) is 68.1 Å². The van der Waals surface area contributed by atoms with Crippen LogP contribution in [-0.2, 0) is 0 Å². The van der Waals surface area contributed by atoms with Gasteiger partial charge in [0.2, 0.25) is 0 Å². The van der Waals surface area contributed by atoms with E-state index in [1.165, 1.54) is 5.56 Å². The number of halogens is 1. The summed E-state index contributed by atoms with van der Waals surface area (Å²) in [6.45, 7) is 7.84. The van der Waals surface area contributed by atoms with Crippen LogP contribution in [0.1, 0.15) is 35.3 Å². The summed E-state index contributed by atoms with van der Waals surface area (Å²) in [4.78, 5) is 0. The molecule has 2 nitrogen and oxygen atoms in total. The Labute approximate surface area is 125 Å². The molecule has 2 rings (SSSR count). The minimum absolute atomic E-state index is 0.513. The van der Waals surface area contributed by atoms with Crippen LogP contribution >= 0.6 is 11.6 Å². The first-order valence-electron chi connectivity index (χ1n) is 6.61. The number of hydrogen-bond donors (Lipinski definition) is 1. The van der Waals surface area contributed by atoms with Crippen LogP contribution in [0.5, 0.6) is 11.5 Å². The molecule has 1 N–H and O–H groups in total. The standard InChI is InChI=1S/C17H19ClO2/c1-10-7-11(2)12(3)17(8-10)20-14-5-6-15(13(4)19)16(18)9-14/h5-9,13,19H,1-4H3. The lowest BCUT2D eigenvalue weighted by atomic mass is 10.1. The second-order valence-corrected chi connectivity index (χ2v) is 5.57. The lowest BCUT2D eigenvalue weighted by molar-refractivity contribution is 0.199. The first-order valence-corrected chi connectivity index (χ1v) is 6.99. The molecule has 0 bridgehead atoms. The van der Waals surface area contributed by atoms with E-state index in [1.54, 1.807) is 19.1 Å². The third kappa shape index (κ3) is 3.14. The molecule has 0 aliphatic carbocycles. The van der Waals surface area contributed by atoms with Gasteiger partial charge in [0, 0.05) is 0 Å². The Bertz CT molecular complexity index is 633. The minimum Gasteiger partial charge on any atom is -0.457 e. The van der Waals surface area contributed by atoms with Crippen LogP contribution in [-0.4, -0.2) is 5.11 Å². The maximum absolute atomic E-state index is 9.58. The van der Waals surface area contributed by atoms with Gasteiger partial charge < -0.3 is 9.84 Å². The maximum atomic E-state index is 9.58. The van der Waals surface area contributed by atoms with E-state index in [0.29, 0.717) is 16.3 Å². The van der Waals surface area contributed by atoms with E-state index >= 15 is 0 Å². The van der Waals surface area contributed by atoms with Gasteiger partial charge in [-0.25, -0.2) is 0 Å². The van der Waals surface area contributed by atoms with E-state index in [1.807, 2.05) is 26.0 Å². The van der Waals surface area contributed by atoms with E-state index in [9.17, 15) is 5.11 Å². The molecule has 0 radical (unpaired) electrons. The molecule has 1 unspecified atom stereocenters. The van der Waals surface area contributed by atoms with E-state index in [-0.39, 0.29) is 0 Å². The van der Waals surface area contributed by atoms with Gasteiger partial charge in [0.1, 0.15) is 11.5 Å². The van der Waals surface area contributed by atoms with Crippen molar-refractivity contribution in [2.24, 2.45) is 0 Å². The summed E-state index contributed by atoms with van der Waals surface area (Å²) in [5.41, 5.74) is 4.18. The highest BCUT2D eigenvalue weighted by atomic mass is 35.5. The van der Waals surface area contributed by atoms with Crippen molar-refractivity contribution in [3.8, 4) is 11.5 Å². The topological polar surface area (TPSA) is 29.5 Å². The van der Waals surface area contributed by atoms with E-state index in [4.69, 9.17) is 16.3 Å². The molecule has 0 aliphatic rings. The Morgan fingerprint density at radius 3 is 2.40 bits per heavy atom. The van der Waals surface area contributed by atoms with Gasteiger partial charge in [-0.15, -0.1) is 0 Å². The molecule has 0 saturated carbocycles. The molecule has 0 saturated heterocycles. The van der Waals surface area contributed by atoms with E-state index in [0.717, 1.165) is 16.9 Å². The molecule has 2 aromatic carbocycles. The monoisotopic (exact) mass is 290 g/mol. The third-order valence-corrected chi connectivity index (χ3v) is 3.74. The molecule has 2 aromatic rings. The van der Waals surface area contributed by atoms with Crippen molar-refractivity contribution in [2.75, 3.05) is 0 Å². The first kappa shape index (κ1) is 14.9. The summed E-state index contributed by atoms with van der Waals surface area (Å²) in [6.07, 6.45) is -0.584. The largest absolute Gasteiger partial charge is 0.457 e. The van der Waals surface area contributed by atoms with Crippen molar-refractivity contribution < 1.29 is 9.84 Å². The highest BCUT2D eigenvalue weighted by Crippen LogP contribution is 2.32. The van der Waals surface area contributed by atoms with Crippen molar-refractivity contribution in [1.29, 1.82) is 0 Å². The predicted octanol–water partition coefficient (Wildman–Crippen LogP) is 5.11. The molecular weight excluding hydrogens is 272 g/mol. The lowest BCUT2D eigenvalue weighted by Gasteiger charge is -2.14. The number of aliphatic hydroxyl groups is 1. The second kappa shape index (κ2) is 5.86. The van der Waals surface area contributed by atoms with Crippen molar-refractivity contribution in [1.82, 2.24) is 0 Å². The molecule has 0 amide bonds. The van der Waals surface area contributed by atoms with Crippen LogP contribution in [0.25, 0.3) is 0 Å². The number of benzene rings is 2. The van der Waals surface area contributed by atoms with E-state index < -0.39 is 6.10 Å². The highest BCUT2D eigenvalue weighted by Gasteiger charge is 2.10. The summed E-state index contributed by atoms with van der Waals surface area (Å²) in [7, 11) is 0. The first-order chi connectivity index (χ1) is 9.38. The van der Waals surface area contributed by atoms with Gasteiger partial charge in [-0.1, -0.05) is 23.7 Å². The SMILES string of the molecule is Cc1cc(C)c(C)c(Oc2ccc(C(C)O)c(Cl)c2)c1. The Hall–Kier alpha value is -1.51. The summed E-state index contributed by atoms with van der Waals surface area (Å²) in [5, 5.41) is 10.1. The molecule has 1 atom stereocenters. The minimum atomic E-state index is -0.584. The van der Waals surface area contributed by atoms with Crippen LogP contribution in [0.3, 0.4) is 0 Å². The number of ether oxygens (including phenoxy) is 1. The zero-order valence-electron chi connectivity index (χ0n) is 12.2.